The zero-order chi connectivity index (χ0) is 7.40. The first-order chi connectivity index (χ1) is 4.84. The maximum atomic E-state index is 5.36. The minimum absolute atomic E-state index is 0.0206. The van der Waals surface area contributed by atoms with Crippen LogP contribution >= 0.6 is 0 Å². The van der Waals surface area contributed by atoms with E-state index in [-0.39, 0.29) is 12.2 Å². The molecule has 1 heterocycles. The largest absolute Gasteiger partial charge is 0.373 e. The van der Waals surface area contributed by atoms with Gasteiger partial charge in [0, 0.05) is 13.1 Å². The third-order valence-corrected chi connectivity index (χ3v) is 1.69. The summed E-state index contributed by atoms with van der Waals surface area (Å²) in [4.78, 5) is 4.62. The summed E-state index contributed by atoms with van der Waals surface area (Å²) in [6.45, 7) is 4.40. The molecule has 1 unspecified atom stereocenters. The predicted octanol–water partition coefficient (Wildman–Crippen LogP) is -0.746. The van der Waals surface area contributed by atoms with Crippen LogP contribution in [-0.4, -0.2) is 31.9 Å². The van der Waals surface area contributed by atoms with Gasteiger partial charge in [-0.1, -0.05) is 0 Å². The molecule has 1 fully saturated rings. The topological polar surface area (TPSA) is 56.5 Å². The second-order valence-corrected chi connectivity index (χ2v) is 2.45. The molecule has 1 aliphatic heterocycles. The summed E-state index contributed by atoms with van der Waals surface area (Å²) < 4.78 is 5.36. The molecule has 4 heteroatoms. The monoisotopic (exact) mass is 146 g/mol. The maximum Gasteiger partial charge on any atom is 0.103 e. The van der Waals surface area contributed by atoms with E-state index in [0.717, 1.165) is 19.7 Å². The van der Waals surface area contributed by atoms with Gasteiger partial charge in [-0.15, -0.1) is 0 Å². The van der Waals surface area contributed by atoms with Crippen LogP contribution in [0.4, 0.5) is 0 Å². The molecule has 0 aromatic heterocycles. The van der Waals surface area contributed by atoms with Gasteiger partial charge < -0.3 is 10.1 Å². The van der Waals surface area contributed by atoms with Crippen molar-refractivity contribution in [2.75, 3.05) is 19.7 Å². The molecule has 1 saturated heterocycles. The van der Waals surface area contributed by atoms with E-state index < -0.39 is 0 Å². The molecule has 1 aliphatic rings. The highest BCUT2D eigenvalue weighted by molar-refractivity contribution is 4.72. The van der Waals surface area contributed by atoms with Crippen molar-refractivity contribution in [2.24, 2.45) is 5.90 Å². The molecular formula is C6H14N2O2. The molecule has 0 spiro atoms. The number of hydrogen-bond acceptors (Lipinski definition) is 4. The Morgan fingerprint density at radius 1 is 1.80 bits per heavy atom. The van der Waals surface area contributed by atoms with Gasteiger partial charge in [-0.3, -0.25) is 4.84 Å². The molecule has 0 radical (unpaired) electrons. The molecule has 2 atom stereocenters. The minimum atomic E-state index is -0.0206. The van der Waals surface area contributed by atoms with Crippen LogP contribution in [0, 0.1) is 0 Å². The number of rotatable bonds is 2. The predicted molar refractivity (Wildman–Crippen MR) is 37.3 cm³/mol. The highest BCUT2D eigenvalue weighted by atomic mass is 16.6. The minimum Gasteiger partial charge on any atom is -0.373 e. The smallest absolute Gasteiger partial charge is 0.103 e. The Morgan fingerprint density at radius 2 is 2.60 bits per heavy atom. The summed E-state index contributed by atoms with van der Waals surface area (Å²) in [7, 11) is 0. The van der Waals surface area contributed by atoms with Crippen molar-refractivity contribution >= 4 is 0 Å². The zero-order valence-electron chi connectivity index (χ0n) is 6.17. The Hall–Kier alpha value is -0.160. The van der Waals surface area contributed by atoms with Gasteiger partial charge in [-0.25, -0.2) is 5.90 Å². The van der Waals surface area contributed by atoms with E-state index in [1.54, 1.807) is 0 Å². The quantitative estimate of drug-likeness (QED) is 0.503. The van der Waals surface area contributed by atoms with Crippen LogP contribution in [0.1, 0.15) is 6.92 Å². The van der Waals surface area contributed by atoms with Gasteiger partial charge >= 0.3 is 0 Å². The maximum absolute atomic E-state index is 5.36. The van der Waals surface area contributed by atoms with Crippen LogP contribution in [0.25, 0.3) is 0 Å². The van der Waals surface area contributed by atoms with Gasteiger partial charge in [0.15, 0.2) is 0 Å². The van der Waals surface area contributed by atoms with E-state index in [0.29, 0.717) is 0 Å². The van der Waals surface area contributed by atoms with Crippen molar-refractivity contribution in [1.29, 1.82) is 0 Å². The number of hydrogen-bond donors (Lipinski definition) is 2. The lowest BCUT2D eigenvalue weighted by atomic mass is 10.2. The third-order valence-electron chi connectivity index (χ3n) is 1.69. The Balaban J connectivity index is 2.24. The molecule has 60 valence electrons. The average molecular weight is 146 g/mol. The van der Waals surface area contributed by atoms with Crippen molar-refractivity contribution < 1.29 is 9.57 Å². The molecule has 0 aromatic carbocycles. The second kappa shape index (κ2) is 3.88. The molecule has 0 bridgehead atoms. The van der Waals surface area contributed by atoms with E-state index in [1.807, 2.05) is 6.92 Å². The molecule has 0 aromatic rings. The highest BCUT2D eigenvalue weighted by Crippen LogP contribution is 2.02. The van der Waals surface area contributed by atoms with E-state index in [1.165, 1.54) is 0 Å². The Morgan fingerprint density at radius 3 is 3.10 bits per heavy atom. The molecule has 0 saturated carbocycles. The SMILES string of the molecule is CC(ON)[C@H]1CNCCO1. The van der Waals surface area contributed by atoms with Crippen LogP contribution in [0.2, 0.25) is 0 Å². The van der Waals surface area contributed by atoms with Crippen molar-refractivity contribution in [2.45, 2.75) is 19.1 Å². The molecule has 3 N–H and O–H groups in total. The lowest BCUT2D eigenvalue weighted by molar-refractivity contribution is -0.0774. The summed E-state index contributed by atoms with van der Waals surface area (Å²) in [6.07, 6.45) is 0.0894. The lowest BCUT2D eigenvalue weighted by Crippen LogP contribution is -2.45. The van der Waals surface area contributed by atoms with E-state index in [4.69, 9.17) is 10.6 Å². The Labute approximate surface area is 60.6 Å². The van der Waals surface area contributed by atoms with Crippen molar-refractivity contribution in [1.82, 2.24) is 5.32 Å². The van der Waals surface area contributed by atoms with Crippen molar-refractivity contribution in [3.63, 3.8) is 0 Å². The summed E-state index contributed by atoms with van der Waals surface area (Å²) in [6, 6.07) is 0. The fourth-order valence-electron chi connectivity index (χ4n) is 0.975. The highest BCUT2D eigenvalue weighted by Gasteiger charge is 2.20. The fraction of sp³-hybridized carbons (Fsp3) is 1.00. The van der Waals surface area contributed by atoms with Crippen LogP contribution < -0.4 is 11.2 Å². The summed E-state index contributed by atoms with van der Waals surface area (Å²) in [5, 5.41) is 3.19. The Bertz CT molecular complexity index is 93.7. The first-order valence-electron chi connectivity index (χ1n) is 3.52. The van der Waals surface area contributed by atoms with Gasteiger partial charge in [0.1, 0.15) is 6.10 Å². The van der Waals surface area contributed by atoms with Gasteiger partial charge in [0.2, 0.25) is 0 Å². The molecular weight excluding hydrogens is 132 g/mol. The fourth-order valence-corrected chi connectivity index (χ4v) is 0.975. The Kier molecular flexibility index (Phi) is 3.08. The van der Waals surface area contributed by atoms with Gasteiger partial charge in [0.25, 0.3) is 0 Å². The van der Waals surface area contributed by atoms with E-state index >= 15 is 0 Å². The second-order valence-electron chi connectivity index (χ2n) is 2.45. The lowest BCUT2D eigenvalue weighted by Gasteiger charge is -2.27. The zero-order valence-corrected chi connectivity index (χ0v) is 6.17. The standard InChI is InChI=1S/C6H14N2O2/c1-5(10-7)6-4-8-2-3-9-6/h5-6,8H,2-4,7H2,1H3/t5?,6-/m1/s1. The molecule has 4 nitrogen and oxygen atoms in total. The van der Waals surface area contributed by atoms with Gasteiger partial charge in [-0.05, 0) is 6.92 Å². The molecule has 1 rings (SSSR count). The number of ether oxygens (including phenoxy) is 1. The first kappa shape index (κ1) is 7.94. The van der Waals surface area contributed by atoms with Gasteiger partial charge in [-0.2, -0.15) is 0 Å². The van der Waals surface area contributed by atoms with E-state index in [2.05, 4.69) is 10.2 Å². The summed E-state index contributed by atoms with van der Waals surface area (Å²) >= 11 is 0. The third kappa shape index (κ3) is 1.91. The van der Waals surface area contributed by atoms with Crippen LogP contribution in [0.15, 0.2) is 0 Å². The first-order valence-corrected chi connectivity index (χ1v) is 3.52. The molecule has 0 amide bonds. The molecule has 0 aliphatic carbocycles. The average Bonchev–Trinajstić information content (AvgIpc) is 2.05. The van der Waals surface area contributed by atoms with Crippen LogP contribution in [0.5, 0.6) is 0 Å². The van der Waals surface area contributed by atoms with Crippen molar-refractivity contribution in [3.05, 3.63) is 0 Å². The summed E-state index contributed by atoms with van der Waals surface area (Å²) in [5.41, 5.74) is 0. The number of morpholine rings is 1. The van der Waals surface area contributed by atoms with Crippen LogP contribution in [-0.2, 0) is 9.57 Å². The normalized spacial score (nSPS) is 30.0. The van der Waals surface area contributed by atoms with Gasteiger partial charge in [0.05, 0.1) is 12.7 Å². The summed E-state index contributed by atoms with van der Waals surface area (Å²) in [5.74, 6) is 5.00. The van der Waals surface area contributed by atoms with Crippen LogP contribution in [0.3, 0.4) is 0 Å². The van der Waals surface area contributed by atoms with E-state index in [9.17, 15) is 0 Å². The van der Waals surface area contributed by atoms with Crippen molar-refractivity contribution in [3.8, 4) is 0 Å². The molecule has 10 heavy (non-hydrogen) atoms. The number of nitrogens with two attached hydrogens (primary N) is 1. The number of nitrogens with one attached hydrogen (secondary N) is 1.